The molecule has 3 heterocycles. The lowest BCUT2D eigenvalue weighted by Crippen LogP contribution is -2.32. The van der Waals surface area contributed by atoms with E-state index in [0.717, 1.165) is 23.3 Å². The van der Waals surface area contributed by atoms with Gasteiger partial charge >= 0.3 is 0 Å². The topological polar surface area (TPSA) is 67.7 Å². The second-order valence-electron chi connectivity index (χ2n) is 7.00. The normalized spacial score (nSPS) is 12.4. The van der Waals surface area contributed by atoms with Crippen LogP contribution in [0.2, 0.25) is 0 Å². The Morgan fingerprint density at radius 3 is 2.83 bits per heavy atom. The number of aromatic nitrogens is 1. The maximum absolute atomic E-state index is 13.0. The quantitative estimate of drug-likeness (QED) is 0.532. The summed E-state index contributed by atoms with van der Waals surface area (Å²) in [5.74, 6) is 1.65. The first-order chi connectivity index (χ1) is 14.3. The number of amides is 1. The van der Waals surface area contributed by atoms with Crippen LogP contribution in [0.4, 0.5) is 0 Å². The SMILES string of the molecule is O=C(c1ccco1)N(CCc1c[nH]c2ccccc12)Cc1ccc2c(c1)OCO2. The van der Waals surface area contributed by atoms with Gasteiger partial charge in [-0.1, -0.05) is 24.3 Å². The third-order valence-electron chi connectivity index (χ3n) is 5.16. The fourth-order valence-electron chi connectivity index (χ4n) is 3.66. The molecule has 1 aliphatic heterocycles. The molecule has 0 aliphatic carbocycles. The molecular weight excluding hydrogens is 368 g/mol. The van der Waals surface area contributed by atoms with Gasteiger partial charge in [0.25, 0.3) is 5.91 Å². The van der Waals surface area contributed by atoms with Crippen molar-refractivity contribution in [1.82, 2.24) is 9.88 Å². The Hall–Kier alpha value is -3.67. The number of ether oxygens (including phenoxy) is 2. The first-order valence-electron chi connectivity index (χ1n) is 9.54. The number of rotatable bonds is 6. The highest BCUT2D eigenvalue weighted by Crippen LogP contribution is 2.33. The van der Waals surface area contributed by atoms with Crippen molar-refractivity contribution in [3.05, 3.63) is 83.9 Å². The van der Waals surface area contributed by atoms with Gasteiger partial charge in [0.15, 0.2) is 17.3 Å². The van der Waals surface area contributed by atoms with Crippen LogP contribution in [0.5, 0.6) is 11.5 Å². The third-order valence-corrected chi connectivity index (χ3v) is 5.16. The number of hydrogen-bond donors (Lipinski definition) is 1. The van der Waals surface area contributed by atoms with Gasteiger partial charge in [-0.25, -0.2) is 0 Å². The number of hydrogen-bond acceptors (Lipinski definition) is 4. The summed E-state index contributed by atoms with van der Waals surface area (Å²) in [6.07, 6.45) is 4.27. The first kappa shape index (κ1) is 17.4. The Kier molecular flexibility index (Phi) is 4.44. The highest BCUT2D eigenvalue weighted by Gasteiger charge is 2.21. The van der Waals surface area contributed by atoms with E-state index in [0.29, 0.717) is 24.6 Å². The van der Waals surface area contributed by atoms with Gasteiger partial charge in [0.1, 0.15) is 0 Å². The molecule has 6 heteroatoms. The van der Waals surface area contributed by atoms with Gasteiger partial charge < -0.3 is 23.8 Å². The van der Waals surface area contributed by atoms with Gasteiger partial charge in [0.2, 0.25) is 6.79 Å². The van der Waals surface area contributed by atoms with Gasteiger partial charge in [-0.3, -0.25) is 4.79 Å². The Balaban J connectivity index is 1.38. The predicted molar refractivity (Wildman–Crippen MR) is 108 cm³/mol. The van der Waals surface area contributed by atoms with Crippen LogP contribution >= 0.6 is 0 Å². The molecule has 1 aliphatic rings. The second-order valence-corrected chi connectivity index (χ2v) is 7.00. The third kappa shape index (κ3) is 3.45. The minimum atomic E-state index is -0.132. The monoisotopic (exact) mass is 388 g/mol. The fraction of sp³-hybridized carbons (Fsp3) is 0.174. The molecule has 1 amide bonds. The summed E-state index contributed by atoms with van der Waals surface area (Å²) < 4.78 is 16.2. The van der Waals surface area contributed by atoms with Crippen molar-refractivity contribution in [3.63, 3.8) is 0 Å². The maximum atomic E-state index is 13.0. The Bertz CT molecular complexity index is 1150. The van der Waals surface area contributed by atoms with Crippen LogP contribution in [-0.4, -0.2) is 29.1 Å². The molecule has 0 spiro atoms. The van der Waals surface area contributed by atoms with Crippen molar-refractivity contribution in [3.8, 4) is 11.5 Å². The number of fused-ring (bicyclic) bond motifs is 2. The lowest BCUT2D eigenvalue weighted by molar-refractivity contribution is 0.0713. The minimum Gasteiger partial charge on any atom is -0.459 e. The van der Waals surface area contributed by atoms with Gasteiger partial charge in [0, 0.05) is 30.2 Å². The molecule has 6 nitrogen and oxygen atoms in total. The largest absolute Gasteiger partial charge is 0.459 e. The van der Waals surface area contributed by atoms with E-state index < -0.39 is 0 Å². The van der Waals surface area contributed by atoms with Crippen LogP contribution in [0, 0.1) is 0 Å². The average Bonchev–Trinajstić information content (AvgIpc) is 3.51. The number of H-pyrrole nitrogens is 1. The van der Waals surface area contributed by atoms with E-state index in [1.165, 1.54) is 17.2 Å². The van der Waals surface area contributed by atoms with Crippen molar-refractivity contribution in [2.75, 3.05) is 13.3 Å². The van der Waals surface area contributed by atoms with Crippen LogP contribution in [-0.2, 0) is 13.0 Å². The molecule has 5 rings (SSSR count). The molecule has 0 saturated carbocycles. The summed E-state index contributed by atoms with van der Waals surface area (Å²) in [5, 5.41) is 1.18. The van der Waals surface area contributed by atoms with E-state index in [2.05, 4.69) is 17.1 Å². The second kappa shape index (κ2) is 7.39. The van der Waals surface area contributed by atoms with E-state index in [1.54, 1.807) is 17.0 Å². The zero-order chi connectivity index (χ0) is 19.6. The number of carbonyl (C=O) groups is 1. The summed E-state index contributed by atoms with van der Waals surface area (Å²) in [5.41, 5.74) is 3.26. The zero-order valence-electron chi connectivity index (χ0n) is 15.8. The standard InChI is InChI=1S/C23H20N2O4/c26-23(21-6-3-11-27-21)25(14-16-7-8-20-22(12-16)29-15-28-20)10-9-17-13-24-19-5-2-1-4-18(17)19/h1-8,11-13,24H,9-10,14-15H2. The van der Waals surface area contributed by atoms with Gasteiger partial charge in [-0.2, -0.15) is 0 Å². The summed E-state index contributed by atoms with van der Waals surface area (Å²) in [6, 6.07) is 17.4. The van der Waals surface area contributed by atoms with Gasteiger partial charge in [-0.05, 0) is 47.9 Å². The minimum absolute atomic E-state index is 0.132. The summed E-state index contributed by atoms with van der Waals surface area (Å²) in [4.78, 5) is 18.1. The summed E-state index contributed by atoms with van der Waals surface area (Å²) in [7, 11) is 0. The molecule has 0 bridgehead atoms. The molecule has 146 valence electrons. The van der Waals surface area contributed by atoms with E-state index in [9.17, 15) is 4.79 Å². The highest BCUT2D eigenvalue weighted by molar-refractivity contribution is 5.91. The number of benzene rings is 2. The van der Waals surface area contributed by atoms with Gasteiger partial charge in [-0.15, -0.1) is 0 Å². The van der Waals surface area contributed by atoms with Crippen LogP contribution in [0.25, 0.3) is 10.9 Å². The maximum Gasteiger partial charge on any atom is 0.289 e. The lowest BCUT2D eigenvalue weighted by Gasteiger charge is -2.22. The Morgan fingerprint density at radius 1 is 1.03 bits per heavy atom. The molecule has 0 fully saturated rings. The molecule has 0 radical (unpaired) electrons. The van der Waals surface area contributed by atoms with Crippen LogP contribution in [0.1, 0.15) is 21.7 Å². The van der Waals surface area contributed by atoms with E-state index in [1.807, 2.05) is 36.5 Å². The first-order valence-corrected chi connectivity index (χ1v) is 9.54. The number of carbonyl (C=O) groups excluding carboxylic acids is 1. The van der Waals surface area contributed by atoms with Crippen LogP contribution in [0.3, 0.4) is 0 Å². The molecule has 0 atom stereocenters. The molecular formula is C23H20N2O4. The molecule has 2 aromatic carbocycles. The number of aromatic amines is 1. The average molecular weight is 388 g/mol. The van der Waals surface area contributed by atoms with Crippen molar-refractivity contribution in [1.29, 1.82) is 0 Å². The van der Waals surface area contributed by atoms with Crippen molar-refractivity contribution < 1.29 is 18.7 Å². The number of nitrogens with one attached hydrogen (secondary N) is 1. The Labute approximate surface area is 167 Å². The molecule has 2 aromatic heterocycles. The predicted octanol–water partition coefficient (Wildman–Crippen LogP) is 4.37. The van der Waals surface area contributed by atoms with E-state index in [4.69, 9.17) is 13.9 Å². The Morgan fingerprint density at radius 2 is 1.93 bits per heavy atom. The van der Waals surface area contributed by atoms with Crippen molar-refractivity contribution in [2.24, 2.45) is 0 Å². The van der Waals surface area contributed by atoms with Crippen molar-refractivity contribution in [2.45, 2.75) is 13.0 Å². The highest BCUT2D eigenvalue weighted by atomic mass is 16.7. The summed E-state index contributed by atoms with van der Waals surface area (Å²) in [6.45, 7) is 1.25. The molecule has 1 N–H and O–H groups in total. The fourth-order valence-corrected chi connectivity index (χ4v) is 3.66. The molecule has 4 aromatic rings. The van der Waals surface area contributed by atoms with Gasteiger partial charge in [0.05, 0.1) is 6.26 Å². The van der Waals surface area contributed by atoms with E-state index in [-0.39, 0.29) is 12.7 Å². The number of furan rings is 1. The van der Waals surface area contributed by atoms with Crippen molar-refractivity contribution >= 4 is 16.8 Å². The zero-order valence-corrected chi connectivity index (χ0v) is 15.8. The van der Waals surface area contributed by atoms with Crippen LogP contribution in [0.15, 0.2) is 71.5 Å². The molecule has 0 saturated heterocycles. The van der Waals surface area contributed by atoms with E-state index >= 15 is 0 Å². The lowest BCUT2D eigenvalue weighted by atomic mass is 10.1. The summed E-state index contributed by atoms with van der Waals surface area (Å²) >= 11 is 0. The molecule has 0 unspecified atom stereocenters. The number of para-hydroxylation sites is 1. The smallest absolute Gasteiger partial charge is 0.289 e. The number of nitrogens with zero attached hydrogens (tertiary/aromatic N) is 1. The molecule has 29 heavy (non-hydrogen) atoms. The van der Waals surface area contributed by atoms with Crippen LogP contribution < -0.4 is 9.47 Å².